The van der Waals surface area contributed by atoms with Crippen LogP contribution in [0, 0.1) is 0 Å². The van der Waals surface area contributed by atoms with Crippen LogP contribution in [0.2, 0.25) is 0 Å². The molecule has 0 radical (unpaired) electrons. The maximum absolute atomic E-state index is 6.25. The molecule has 6 nitrogen and oxygen atoms in total. The Hall–Kier alpha value is -7.96. The lowest BCUT2D eigenvalue weighted by atomic mass is 9.99. The van der Waals surface area contributed by atoms with Gasteiger partial charge in [0.1, 0.15) is 16.7 Å². The number of rotatable bonds is 7. The predicted molar refractivity (Wildman–Crippen MR) is 233 cm³/mol. The van der Waals surface area contributed by atoms with E-state index in [2.05, 4.69) is 121 Å². The van der Waals surface area contributed by atoms with E-state index >= 15 is 0 Å². The number of oxazole rings is 1. The summed E-state index contributed by atoms with van der Waals surface area (Å²) in [4.78, 5) is 20.0. The molecule has 58 heavy (non-hydrogen) atoms. The molecule has 3 heterocycles. The molecule has 0 spiro atoms. The molecule has 0 aliphatic carbocycles. The molecule has 0 bridgehead atoms. The van der Waals surface area contributed by atoms with Crippen LogP contribution < -0.4 is 0 Å². The van der Waals surface area contributed by atoms with Crippen LogP contribution in [-0.4, -0.2) is 19.9 Å². The van der Waals surface area contributed by atoms with Gasteiger partial charge in [-0.2, -0.15) is 0 Å². The average Bonchev–Trinajstić information content (AvgIpc) is 3.91. The van der Waals surface area contributed by atoms with Crippen molar-refractivity contribution < 1.29 is 8.83 Å². The van der Waals surface area contributed by atoms with E-state index in [4.69, 9.17) is 28.8 Å². The second kappa shape index (κ2) is 14.0. The third kappa shape index (κ3) is 6.10. The smallest absolute Gasteiger partial charge is 0.227 e. The molecule has 0 N–H and O–H groups in total. The molecular formula is C52H32N4O2. The quantitative estimate of drug-likeness (QED) is 0.162. The first kappa shape index (κ1) is 33.4. The fourth-order valence-corrected chi connectivity index (χ4v) is 7.66. The van der Waals surface area contributed by atoms with Crippen molar-refractivity contribution in [3.05, 3.63) is 194 Å². The van der Waals surface area contributed by atoms with E-state index in [0.29, 0.717) is 23.4 Å². The Balaban J connectivity index is 0.948. The van der Waals surface area contributed by atoms with Crippen molar-refractivity contribution in [3.8, 4) is 79.0 Å². The van der Waals surface area contributed by atoms with Crippen LogP contribution in [0.5, 0.6) is 0 Å². The minimum absolute atomic E-state index is 0.585. The third-order valence-electron chi connectivity index (χ3n) is 10.6. The summed E-state index contributed by atoms with van der Waals surface area (Å²) in [6.07, 6.45) is 0. The zero-order valence-electron chi connectivity index (χ0n) is 31.1. The second-order valence-corrected chi connectivity index (χ2v) is 14.3. The van der Waals surface area contributed by atoms with Gasteiger partial charge in [-0.3, -0.25) is 0 Å². The first-order valence-corrected chi connectivity index (χ1v) is 19.2. The lowest BCUT2D eigenvalue weighted by Gasteiger charge is -2.11. The Morgan fingerprint density at radius 2 is 0.810 bits per heavy atom. The topological polar surface area (TPSA) is 77.8 Å². The van der Waals surface area contributed by atoms with E-state index in [-0.39, 0.29) is 0 Å². The molecule has 0 atom stereocenters. The van der Waals surface area contributed by atoms with Crippen molar-refractivity contribution in [2.75, 3.05) is 0 Å². The first-order chi connectivity index (χ1) is 28.7. The molecule has 0 amide bonds. The summed E-state index contributed by atoms with van der Waals surface area (Å²) in [5, 5.41) is 2.00. The van der Waals surface area contributed by atoms with Gasteiger partial charge >= 0.3 is 0 Å². The van der Waals surface area contributed by atoms with Gasteiger partial charge in [-0.25, -0.2) is 19.9 Å². The largest absolute Gasteiger partial charge is 0.456 e. The molecule has 11 aromatic rings. The highest BCUT2D eigenvalue weighted by Crippen LogP contribution is 2.37. The van der Waals surface area contributed by atoms with E-state index in [1.807, 2.05) is 72.8 Å². The van der Waals surface area contributed by atoms with Crippen molar-refractivity contribution in [1.82, 2.24) is 19.9 Å². The summed E-state index contributed by atoms with van der Waals surface area (Å²) in [5.74, 6) is 2.40. The van der Waals surface area contributed by atoms with E-state index in [1.54, 1.807) is 0 Å². The van der Waals surface area contributed by atoms with E-state index in [9.17, 15) is 0 Å². The number of hydrogen-bond donors (Lipinski definition) is 0. The normalized spacial score (nSPS) is 11.4. The molecule has 272 valence electrons. The van der Waals surface area contributed by atoms with Crippen molar-refractivity contribution in [2.45, 2.75) is 0 Å². The van der Waals surface area contributed by atoms with Gasteiger partial charge in [0.2, 0.25) is 5.89 Å². The zero-order valence-corrected chi connectivity index (χ0v) is 31.1. The van der Waals surface area contributed by atoms with Crippen LogP contribution in [0.3, 0.4) is 0 Å². The van der Waals surface area contributed by atoms with Gasteiger partial charge in [-0.1, -0.05) is 152 Å². The van der Waals surface area contributed by atoms with Crippen LogP contribution in [0.15, 0.2) is 203 Å². The highest BCUT2D eigenvalue weighted by Gasteiger charge is 2.18. The Bertz CT molecular complexity index is 3260. The highest BCUT2D eigenvalue weighted by atomic mass is 16.3. The van der Waals surface area contributed by atoms with Crippen molar-refractivity contribution in [3.63, 3.8) is 0 Å². The number of para-hydroxylation sites is 1. The number of fused-ring (bicyclic) bond motifs is 4. The highest BCUT2D eigenvalue weighted by molar-refractivity contribution is 6.11. The average molecular weight is 745 g/mol. The molecule has 0 fully saturated rings. The molecule has 0 aliphatic heterocycles. The SMILES string of the molecule is c1ccc(-c2cccc(-c3nc(-c4ccc(-c5ccc(-c6ccc7nc(-c8ccccc8)oc7c6)cc5)cc4)nc(-c4cccc5oc6ccccc6c45)n3)c2)cc1. The van der Waals surface area contributed by atoms with Gasteiger partial charge in [-0.05, 0) is 75.8 Å². The molecule has 0 unspecified atom stereocenters. The number of aromatic nitrogens is 4. The molecular weight excluding hydrogens is 713 g/mol. The number of benzene rings is 8. The number of hydrogen-bond acceptors (Lipinski definition) is 6. The fourth-order valence-electron chi connectivity index (χ4n) is 7.66. The van der Waals surface area contributed by atoms with Crippen LogP contribution in [0.1, 0.15) is 0 Å². The van der Waals surface area contributed by atoms with Crippen molar-refractivity contribution >= 4 is 33.0 Å². The maximum atomic E-state index is 6.25. The molecule has 3 aromatic heterocycles. The summed E-state index contributed by atoms with van der Waals surface area (Å²) >= 11 is 0. The van der Waals surface area contributed by atoms with Crippen LogP contribution in [0.25, 0.3) is 112 Å². The van der Waals surface area contributed by atoms with Crippen LogP contribution in [0.4, 0.5) is 0 Å². The van der Waals surface area contributed by atoms with Gasteiger partial charge < -0.3 is 8.83 Å². The lowest BCUT2D eigenvalue weighted by molar-refractivity contribution is 0.620. The lowest BCUT2D eigenvalue weighted by Crippen LogP contribution is -2.00. The van der Waals surface area contributed by atoms with E-state index < -0.39 is 0 Å². The minimum Gasteiger partial charge on any atom is -0.456 e. The maximum Gasteiger partial charge on any atom is 0.227 e. The second-order valence-electron chi connectivity index (χ2n) is 14.3. The van der Waals surface area contributed by atoms with E-state index in [0.717, 1.165) is 88.7 Å². The van der Waals surface area contributed by atoms with Crippen LogP contribution >= 0.6 is 0 Å². The number of furan rings is 1. The summed E-state index contributed by atoms with van der Waals surface area (Å²) < 4.78 is 12.4. The van der Waals surface area contributed by atoms with Gasteiger partial charge in [0.15, 0.2) is 23.1 Å². The predicted octanol–water partition coefficient (Wildman–Crippen LogP) is 13.6. The molecule has 8 aromatic carbocycles. The summed E-state index contributed by atoms with van der Waals surface area (Å²) in [7, 11) is 0. The van der Waals surface area contributed by atoms with Gasteiger partial charge in [-0.15, -0.1) is 0 Å². The molecule has 6 heteroatoms. The molecule has 0 saturated heterocycles. The van der Waals surface area contributed by atoms with Gasteiger partial charge in [0.25, 0.3) is 0 Å². The third-order valence-corrected chi connectivity index (χ3v) is 10.6. The van der Waals surface area contributed by atoms with Crippen molar-refractivity contribution in [2.24, 2.45) is 0 Å². The Kier molecular flexibility index (Phi) is 8.04. The first-order valence-electron chi connectivity index (χ1n) is 19.2. The number of nitrogens with zero attached hydrogens (tertiary/aromatic N) is 4. The zero-order chi connectivity index (χ0) is 38.4. The van der Waals surface area contributed by atoms with Crippen LogP contribution in [-0.2, 0) is 0 Å². The molecule has 0 aliphatic rings. The standard InChI is InChI=1S/C52H32N4O2/c1-3-11-33(12-4-1)39-15-9-16-41(31-39)50-54-49(55-51(56-50)43-18-10-20-46-48(43)42-17-7-8-19-45(42)57-46)37-27-25-35(26-28-37)34-21-23-36(24-22-34)40-29-30-44-47(32-40)58-52(53-44)38-13-5-2-6-14-38/h1-32H. The minimum atomic E-state index is 0.585. The molecule has 11 rings (SSSR count). The van der Waals surface area contributed by atoms with Gasteiger partial charge in [0, 0.05) is 33.0 Å². The summed E-state index contributed by atoms with van der Waals surface area (Å²) in [6.45, 7) is 0. The fraction of sp³-hybridized carbons (Fsp3) is 0. The molecule has 0 saturated carbocycles. The van der Waals surface area contributed by atoms with Gasteiger partial charge in [0.05, 0.1) is 0 Å². The Labute approximate surface area is 333 Å². The van der Waals surface area contributed by atoms with E-state index in [1.165, 1.54) is 0 Å². The monoisotopic (exact) mass is 744 g/mol. The summed E-state index contributed by atoms with van der Waals surface area (Å²) in [5.41, 5.74) is 13.5. The Morgan fingerprint density at radius 1 is 0.293 bits per heavy atom. The van der Waals surface area contributed by atoms with Crippen molar-refractivity contribution in [1.29, 1.82) is 0 Å². The summed E-state index contributed by atoms with van der Waals surface area (Å²) in [6, 6.07) is 66.0. The Morgan fingerprint density at radius 3 is 1.57 bits per heavy atom.